The summed E-state index contributed by atoms with van der Waals surface area (Å²) < 4.78 is 0. The van der Waals surface area contributed by atoms with Gasteiger partial charge >= 0.3 is 0 Å². The van der Waals surface area contributed by atoms with Gasteiger partial charge in [-0.25, -0.2) is 0 Å². The van der Waals surface area contributed by atoms with Crippen molar-refractivity contribution in [2.45, 2.75) is 13.8 Å². The third-order valence-electron chi connectivity index (χ3n) is 0. The van der Waals surface area contributed by atoms with Crippen molar-refractivity contribution in [3.63, 3.8) is 0 Å². The van der Waals surface area contributed by atoms with Crippen molar-refractivity contribution in [1.29, 1.82) is 0 Å². The van der Waals surface area contributed by atoms with Gasteiger partial charge in [-0.2, -0.15) is 0 Å². The average molecular weight is 666 g/mol. The molecule has 0 bridgehead atoms. The summed E-state index contributed by atoms with van der Waals surface area (Å²) in [5, 5.41) is 0. The maximum atomic E-state index is 2.12. The van der Waals surface area contributed by atoms with Crippen LogP contribution in [0.25, 0.3) is 0 Å². The molecule has 0 fully saturated rings. The summed E-state index contributed by atoms with van der Waals surface area (Å²) in [6.07, 6.45) is 0. The number of hydrogen-bond acceptors (Lipinski definition) is 0. The van der Waals surface area contributed by atoms with Crippen LogP contribution in [0.3, 0.4) is 0 Å². The maximum absolute atomic E-state index is 2.12. The highest BCUT2D eigenvalue weighted by Crippen LogP contribution is 1.89. The average Bonchev–Trinajstić information content (AvgIpc) is 1.81. The summed E-state index contributed by atoms with van der Waals surface area (Å²) in [5.74, 6) is 0. The Labute approximate surface area is 109 Å². The zero-order valence-electron chi connectivity index (χ0n) is 3.92. The molecule has 0 aliphatic heterocycles. The Morgan fingerprint density at radius 3 is 0.714 bits per heavy atom. The molecule has 0 saturated heterocycles. The summed E-state index contributed by atoms with van der Waals surface area (Å²) in [7, 11) is 0. The Bertz CT molecular complexity index is 6.04. The lowest BCUT2D eigenvalue weighted by atomic mass is 11.0. The van der Waals surface area contributed by atoms with E-state index in [2.05, 4.69) is 74.5 Å². The molecular weight excluding hydrogens is 659 g/mol. The second kappa shape index (κ2) is 54.2. The minimum atomic E-state index is 0. The van der Waals surface area contributed by atoms with Crippen LogP contribution in [0, 0.1) is 0 Å². The normalized spacial score (nSPS) is 2.57. The van der Waals surface area contributed by atoms with Gasteiger partial charge in [0.15, 0.2) is 0 Å². The lowest BCUT2D eigenvalue weighted by Gasteiger charge is -1.07. The second-order valence-electron chi connectivity index (χ2n) is 0. The van der Waals surface area contributed by atoms with E-state index in [1.54, 1.807) is 0 Å². The highest BCUT2D eigenvalue weighted by Gasteiger charge is 1.00. The molecular formula is C2H7I5. The smallest absolute Gasteiger partial charge is 0 e. The molecule has 0 heterocycles. The van der Waals surface area contributed by atoms with Crippen molar-refractivity contribution < 1.29 is 0 Å². The quantitative estimate of drug-likeness (QED) is 0.313. The molecule has 0 saturated carbocycles. The van der Waals surface area contributed by atoms with Crippen LogP contribution in [-0.2, 0) is 0 Å². The summed E-state index contributed by atoms with van der Waals surface area (Å²) in [6, 6.07) is 0. The first-order valence-corrected chi connectivity index (χ1v) is 13.9. The molecule has 0 spiro atoms. The minimum Gasteiger partial charge on any atom is -0.107 e. The van der Waals surface area contributed by atoms with Gasteiger partial charge in [0, 0.05) is 74.5 Å². The van der Waals surface area contributed by atoms with Gasteiger partial charge < -0.3 is 0 Å². The molecule has 50 valence electrons. The van der Waals surface area contributed by atoms with Crippen LogP contribution in [0.1, 0.15) is 13.8 Å². The van der Waals surface area contributed by atoms with E-state index in [0.717, 1.165) is 0 Å². The molecule has 0 unspecified atom stereocenters. The second-order valence-corrected chi connectivity index (χ2v) is 0. The van der Waals surface area contributed by atoms with Crippen LogP contribution >= 0.6 is 98.4 Å². The number of halogens is 5. The van der Waals surface area contributed by atoms with Crippen LogP contribution in [0.4, 0.5) is 0 Å². The molecule has 0 aliphatic carbocycles. The molecule has 0 rings (SSSR count). The largest absolute Gasteiger partial charge is 0.107 e. The number of hydrogen-bond donors (Lipinski definition) is 0. The third-order valence-corrected chi connectivity index (χ3v) is 0. The van der Waals surface area contributed by atoms with Crippen LogP contribution in [-0.4, -0.2) is 0 Å². The van der Waals surface area contributed by atoms with E-state index in [1.807, 2.05) is 13.8 Å². The number of rotatable bonds is 0. The molecule has 5 heteroatoms. The molecule has 7 heavy (non-hydrogen) atoms. The molecule has 0 nitrogen and oxygen atoms in total. The Morgan fingerprint density at radius 1 is 0.714 bits per heavy atom. The highest BCUT2D eigenvalue weighted by atomic mass is 128. The zero-order chi connectivity index (χ0) is 6.00. The van der Waals surface area contributed by atoms with E-state index in [4.69, 9.17) is 0 Å². The Morgan fingerprint density at radius 2 is 0.714 bits per heavy atom. The monoisotopic (exact) mass is 666 g/mol. The summed E-state index contributed by atoms with van der Waals surface area (Å²) in [4.78, 5) is 0. The topological polar surface area (TPSA) is 0 Å². The fourth-order valence-corrected chi connectivity index (χ4v) is 0. The summed E-state index contributed by atoms with van der Waals surface area (Å²) in [5.41, 5.74) is 0. The minimum absolute atomic E-state index is 0. The molecule has 0 aromatic heterocycles. The zero-order valence-corrected chi connectivity index (χ0v) is 14.9. The van der Waals surface area contributed by atoms with Crippen LogP contribution in [0.15, 0.2) is 0 Å². The van der Waals surface area contributed by atoms with Gasteiger partial charge in [-0.1, -0.05) is 13.8 Å². The predicted octanol–water partition coefficient (Wildman–Crippen LogP) is 5.19. The van der Waals surface area contributed by atoms with E-state index in [9.17, 15) is 0 Å². The lowest BCUT2D eigenvalue weighted by molar-refractivity contribution is 1.50. The first-order chi connectivity index (χ1) is 3.00. The van der Waals surface area contributed by atoms with E-state index < -0.39 is 0 Å². The van der Waals surface area contributed by atoms with Crippen molar-refractivity contribution in [1.82, 2.24) is 0 Å². The van der Waals surface area contributed by atoms with E-state index in [-0.39, 0.29) is 24.0 Å². The van der Waals surface area contributed by atoms with E-state index in [1.165, 1.54) is 0 Å². The van der Waals surface area contributed by atoms with Crippen LogP contribution in [0.2, 0.25) is 0 Å². The van der Waals surface area contributed by atoms with Crippen molar-refractivity contribution in [3.8, 4) is 0 Å². The van der Waals surface area contributed by atoms with Gasteiger partial charge in [0.2, 0.25) is 0 Å². The molecule has 0 radical (unpaired) electrons. The SMILES string of the molecule is CC.I.II.II. The van der Waals surface area contributed by atoms with Gasteiger partial charge in [0.25, 0.3) is 0 Å². The first-order valence-electron chi connectivity index (χ1n) is 1.29. The molecule has 0 N–H and O–H groups in total. The van der Waals surface area contributed by atoms with E-state index in [0.29, 0.717) is 0 Å². The Balaban J connectivity index is -0.00000000900. The molecule has 0 amide bonds. The highest BCUT2D eigenvalue weighted by molar-refractivity contribution is 15.0. The first kappa shape index (κ1) is 22.4. The van der Waals surface area contributed by atoms with Gasteiger partial charge in [-0.05, 0) is 0 Å². The maximum Gasteiger partial charge on any atom is 0 e. The fourth-order valence-electron chi connectivity index (χ4n) is 0. The van der Waals surface area contributed by atoms with Crippen molar-refractivity contribution in [2.75, 3.05) is 0 Å². The van der Waals surface area contributed by atoms with Gasteiger partial charge in [-0.15, -0.1) is 24.0 Å². The van der Waals surface area contributed by atoms with Crippen molar-refractivity contribution >= 4 is 98.4 Å². The van der Waals surface area contributed by atoms with E-state index >= 15 is 0 Å². The Kier molecular flexibility index (Phi) is 174. The van der Waals surface area contributed by atoms with Gasteiger partial charge in [0.1, 0.15) is 0 Å². The van der Waals surface area contributed by atoms with Crippen LogP contribution in [0.5, 0.6) is 0 Å². The third kappa shape index (κ3) is 42.4. The van der Waals surface area contributed by atoms with Crippen molar-refractivity contribution in [3.05, 3.63) is 0 Å². The summed E-state index contributed by atoms with van der Waals surface area (Å²) >= 11 is 8.48. The predicted molar refractivity (Wildman–Crippen MR) is 82.8 cm³/mol. The lowest BCUT2D eigenvalue weighted by Crippen LogP contribution is -0.856. The molecule has 0 aliphatic rings. The van der Waals surface area contributed by atoms with Gasteiger partial charge in [-0.3, -0.25) is 0 Å². The molecule has 0 atom stereocenters. The van der Waals surface area contributed by atoms with Crippen LogP contribution < -0.4 is 0 Å². The Hall–Kier alpha value is 3.65. The summed E-state index contributed by atoms with van der Waals surface area (Å²) in [6.45, 7) is 4.00. The molecule has 0 aromatic rings. The standard InChI is InChI=1S/C2H6.2I2.HI/c3*1-2;/h1-2H3;;;1H. The molecule has 0 aromatic carbocycles. The van der Waals surface area contributed by atoms with Gasteiger partial charge in [0.05, 0.1) is 0 Å². The fraction of sp³-hybridized carbons (Fsp3) is 1.00. The van der Waals surface area contributed by atoms with Crippen molar-refractivity contribution in [2.24, 2.45) is 0 Å².